The lowest BCUT2D eigenvalue weighted by molar-refractivity contribution is 0.0996. The van der Waals surface area contributed by atoms with E-state index in [1.807, 2.05) is 5.10 Å². The van der Waals surface area contributed by atoms with Crippen LogP contribution in [-0.4, -0.2) is 16.1 Å². The number of carbonyl (C=O) groups excluding carboxylic acids is 1. The number of nitroso groups, excluding NO2 is 1. The predicted octanol–water partition coefficient (Wildman–Crippen LogP) is -0.800. The monoisotopic (exact) mass is 156 g/mol. The molecule has 0 bridgehead atoms. The first kappa shape index (κ1) is 7.19. The van der Waals surface area contributed by atoms with Crippen LogP contribution in [0.2, 0.25) is 0 Å². The van der Waals surface area contributed by atoms with E-state index in [-0.39, 0.29) is 5.69 Å². The van der Waals surface area contributed by atoms with E-state index in [9.17, 15) is 14.5 Å². The van der Waals surface area contributed by atoms with Gasteiger partial charge in [0, 0.05) is 0 Å². The number of nitrogens with two attached hydrogens (primary N) is 1. The van der Waals surface area contributed by atoms with Crippen LogP contribution >= 0.6 is 0 Å². The molecule has 1 amide bonds. The summed E-state index contributed by atoms with van der Waals surface area (Å²) in [5.74, 6) is -0.905. The summed E-state index contributed by atoms with van der Waals surface area (Å²) in [6, 6.07) is 0. The fraction of sp³-hybridized carbons (Fsp3) is 0. The van der Waals surface area contributed by atoms with Crippen LogP contribution in [0.15, 0.2) is 9.97 Å². The highest BCUT2D eigenvalue weighted by Crippen LogP contribution is 2.07. The molecule has 0 radical (unpaired) electrons. The normalized spacial score (nSPS) is 9.45. The summed E-state index contributed by atoms with van der Waals surface area (Å²) >= 11 is 0. The van der Waals surface area contributed by atoms with Gasteiger partial charge in [-0.15, -0.1) is 4.91 Å². The zero-order valence-corrected chi connectivity index (χ0v) is 5.25. The Labute approximate surface area is 59.6 Å². The van der Waals surface area contributed by atoms with Gasteiger partial charge in [-0.3, -0.25) is 19.8 Å². The van der Waals surface area contributed by atoms with E-state index in [0.717, 1.165) is 0 Å². The highest BCUT2D eigenvalue weighted by Gasteiger charge is 2.14. The fourth-order valence-electron chi connectivity index (χ4n) is 0.617. The SMILES string of the molecule is NC(=O)c1[nH][nH]c(=O)c1N=O. The Morgan fingerprint density at radius 1 is 1.45 bits per heavy atom. The van der Waals surface area contributed by atoms with Gasteiger partial charge in [0.1, 0.15) is 0 Å². The van der Waals surface area contributed by atoms with E-state index in [1.54, 1.807) is 0 Å². The topological polar surface area (TPSA) is 121 Å². The zero-order valence-electron chi connectivity index (χ0n) is 5.25. The quantitative estimate of drug-likeness (QED) is 0.486. The summed E-state index contributed by atoms with van der Waals surface area (Å²) < 4.78 is 0. The maximum Gasteiger partial charge on any atom is 0.294 e. The van der Waals surface area contributed by atoms with Crippen molar-refractivity contribution in [3.63, 3.8) is 0 Å². The molecule has 0 saturated carbocycles. The molecule has 1 aromatic rings. The molecule has 0 spiro atoms. The van der Waals surface area contributed by atoms with E-state index in [2.05, 4.69) is 10.3 Å². The lowest BCUT2D eigenvalue weighted by atomic mass is 10.4. The van der Waals surface area contributed by atoms with Crippen LogP contribution in [-0.2, 0) is 0 Å². The molecule has 1 aromatic heterocycles. The number of nitrogens with zero attached hydrogens (tertiary/aromatic N) is 1. The van der Waals surface area contributed by atoms with E-state index < -0.39 is 17.2 Å². The molecule has 0 atom stereocenters. The summed E-state index contributed by atoms with van der Waals surface area (Å²) in [6.45, 7) is 0. The van der Waals surface area contributed by atoms with Gasteiger partial charge in [-0.1, -0.05) is 0 Å². The molecule has 0 aromatic carbocycles. The van der Waals surface area contributed by atoms with Gasteiger partial charge in [-0.2, -0.15) is 0 Å². The molecule has 0 aliphatic heterocycles. The van der Waals surface area contributed by atoms with Crippen molar-refractivity contribution in [2.24, 2.45) is 10.9 Å². The Morgan fingerprint density at radius 3 is 2.45 bits per heavy atom. The molecule has 0 aliphatic rings. The smallest absolute Gasteiger partial charge is 0.294 e. The summed E-state index contributed by atoms with van der Waals surface area (Å²) in [4.78, 5) is 30.9. The van der Waals surface area contributed by atoms with Gasteiger partial charge in [0.15, 0.2) is 5.69 Å². The van der Waals surface area contributed by atoms with Crippen molar-refractivity contribution in [1.29, 1.82) is 0 Å². The molecule has 4 N–H and O–H groups in total. The van der Waals surface area contributed by atoms with Crippen molar-refractivity contribution in [2.45, 2.75) is 0 Å². The van der Waals surface area contributed by atoms with Crippen LogP contribution in [0.4, 0.5) is 5.69 Å². The number of carbonyl (C=O) groups is 1. The highest BCUT2D eigenvalue weighted by atomic mass is 16.3. The number of aromatic amines is 2. The van der Waals surface area contributed by atoms with Gasteiger partial charge in [0.05, 0.1) is 0 Å². The van der Waals surface area contributed by atoms with Gasteiger partial charge < -0.3 is 5.73 Å². The first-order valence-corrected chi connectivity index (χ1v) is 2.60. The van der Waals surface area contributed by atoms with E-state index in [1.165, 1.54) is 0 Å². The van der Waals surface area contributed by atoms with Crippen LogP contribution in [0.25, 0.3) is 0 Å². The van der Waals surface area contributed by atoms with Crippen molar-refractivity contribution in [3.8, 4) is 0 Å². The minimum Gasteiger partial charge on any atom is -0.364 e. The second kappa shape index (κ2) is 2.37. The molecule has 0 unspecified atom stereocenters. The first-order chi connectivity index (χ1) is 5.16. The maximum absolute atomic E-state index is 10.6. The second-order valence-electron chi connectivity index (χ2n) is 1.76. The largest absolute Gasteiger partial charge is 0.364 e. The molecular formula is C4H4N4O3. The van der Waals surface area contributed by atoms with Crippen molar-refractivity contribution in [3.05, 3.63) is 21.0 Å². The van der Waals surface area contributed by atoms with Crippen LogP contribution < -0.4 is 11.3 Å². The third-order valence-corrected chi connectivity index (χ3v) is 1.09. The third-order valence-electron chi connectivity index (χ3n) is 1.09. The number of aromatic nitrogens is 2. The van der Waals surface area contributed by atoms with Crippen molar-refractivity contribution >= 4 is 11.6 Å². The van der Waals surface area contributed by atoms with Gasteiger partial charge in [0.2, 0.25) is 5.69 Å². The van der Waals surface area contributed by atoms with Crippen LogP contribution in [0.3, 0.4) is 0 Å². The van der Waals surface area contributed by atoms with Crippen molar-refractivity contribution < 1.29 is 4.79 Å². The Balaban J connectivity index is 3.38. The van der Waals surface area contributed by atoms with Gasteiger partial charge in [-0.25, -0.2) is 0 Å². The minimum atomic E-state index is -0.905. The molecule has 7 heteroatoms. The molecule has 0 aliphatic carbocycles. The molecule has 0 saturated heterocycles. The summed E-state index contributed by atoms with van der Waals surface area (Å²) in [5.41, 5.74) is 3.20. The average Bonchev–Trinajstić information content (AvgIpc) is 2.30. The third kappa shape index (κ3) is 1.02. The summed E-state index contributed by atoms with van der Waals surface area (Å²) in [7, 11) is 0. The van der Waals surface area contributed by atoms with Gasteiger partial charge >= 0.3 is 0 Å². The highest BCUT2D eigenvalue weighted by molar-refractivity contribution is 5.95. The van der Waals surface area contributed by atoms with Crippen LogP contribution in [0.5, 0.6) is 0 Å². The lowest BCUT2D eigenvalue weighted by Crippen LogP contribution is -2.11. The maximum atomic E-state index is 10.6. The molecule has 58 valence electrons. The number of primary amides is 1. The number of hydrogen-bond acceptors (Lipinski definition) is 4. The molecule has 0 fully saturated rings. The Morgan fingerprint density at radius 2 is 2.09 bits per heavy atom. The van der Waals surface area contributed by atoms with Gasteiger partial charge in [-0.05, 0) is 5.18 Å². The molecule has 11 heavy (non-hydrogen) atoms. The average molecular weight is 156 g/mol. The number of nitrogens with one attached hydrogen (secondary N) is 2. The standard InChI is InChI=1S/C4H4N4O3/c5-3(9)1-2(8-11)4(10)7-6-1/h(H2,5,9)(H2,6,7,10). The number of rotatable bonds is 2. The van der Waals surface area contributed by atoms with E-state index in [0.29, 0.717) is 0 Å². The summed E-state index contributed by atoms with van der Waals surface area (Å²) in [6.07, 6.45) is 0. The molecule has 1 heterocycles. The van der Waals surface area contributed by atoms with Crippen LogP contribution in [0.1, 0.15) is 10.5 Å². The second-order valence-corrected chi connectivity index (χ2v) is 1.76. The lowest BCUT2D eigenvalue weighted by Gasteiger charge is -1.84. The Bertz CT molecular complexity index is 348. The fourth-order valence-corrected chi connectivity index (χ4v) is 0.617. The number of hydrogen-bond donors (Lipinski definition) is 3. The van der Waals surface area contributed by atoms with E-state index in [4.69, 9.17) is 5.73 Å². The number of H-pyrrole nitrogens is 2. The minimum absolute atomic E-state index is 0.301. The van der Waals surface area contributed by atoms with Gasteiger partial charge in [0.25, 0.3) is 11.5 Å². The van der Waals surface area contributed by atoms with E-state index >= 15 is 0 Å². The molecule has 7 nitrogen and oxygen atoms in total. The van der Waals surface area contributed by atoms with Crippen molar-refractivity contribution in [2.75, 3.05) is 0 Å². The number of amides is 1. The Hall–Kier alpha value is -1.92. The zero-order chi connectivity index (χ0) is 8.43. The first-order valence-electron chi connectivity index (χ1n) is 2.60. The Kier molecular flexibility index (Phi) is 1.55. The van der Waals surface area contributed by atoms with Crippen LogP contribution in [0, 0.1) is 4.91 Å². The predicted molar refractivity (Wildman–Crippen MR) is 35.4 cm³/mol. The summed E-state index contributed by atoms with van der Waals surface area (Å²) in [5, 5.41) is 6.44. The molecule has 1 rings (SSSR count). The van der Waals surface area contributed by atoms with Crippen molar-refractivity contribution in [1.82, 2.24) is 10.2 Å². The molecular weight excluding hydrogens is 152 g/mol.